The van der Waals surface area contributed by atoms with Crippen LogP contribution in [0.1, 0.15) is 36.5 Å². The van der Waals surface area contributed by atoms with Crippen LogP contribution in [-0.4, -0.2) is 42.6 Å². The number of aryl methyl sites for hydroxylation is 2. The molecule has 0 aliphatic carbocycles. The lowest BCUT2D eigenvalue weighted by Gasteiger charge is -2.32. The molecule has 1 heterocycles. The fourth-order valence-corrected chi connectivity index (χ4v) is 4.62. The predicted molar refractivity (Wildman–Crippen MR) is 132 cm³/mol. The number of nitrogens with zero attached hydrogens (tertiary/aromatic N) is 1. The molecule has 0 spiro atoms. The van der Waals surface area contributed by atoms with Crippen molar-refractivity contribution < 1.29 is 14.3 Å². The summed E-state index contributed by atoms with van der Waals surface area (Å²) >= 11 is 9.30. The molecular weight excluding hydrogens is 476 g/mol. The molecule has 1 aliphatic heterocycles. The fraction of sp³-hybridized carbons (Fsp3) is 0.417. The van der Waals surface area contributed by atoms with Crippen molar-refractivity contribution in [3.63, 3.8) is 0 Å². The van der Waals surface area contributed by atoms with E-state index in [1.54, 1.807) is 7.11 Å². The number of halogens is 1. The molecule has 7 heteroatoms. The standard InChI is InChI=1S/C24H29BrN2O3S/c1-15-5-7-27(8-6-15)24(31)18-12-20(25)23(21(13-18)29-4)30-14-22(28)26-19-10-16(2)9-17(3)11-19/h9-13,15H,5-8,14H2,1-4H3,(H,26,28). The molecule has 2 aromatic rings. The Bertz CT molecular complexity index is 951. The number of carbonyl (C=O) groups excluding carboxylic acids is 1. The first kappa shape index (κ1) is 23.5. The van der Waals surface area contributed by atoms with Crippen LogP contribution in [0.2, 0.25) is 0 Å². The monoisotopic (exact) mass is 504 g/mol. The minimum Gasteiger partial charge on any atom is -0.493 e. The Kier molecular flexibility index (Phi) is 7.94. The number of amides is 1. The second-order valence-electron chi connectivity index (χ2n) is 8.18. The summed E-state index contributed by atoms with van der Waals surface area (Å²) in [5.74, 6) is 1.53. The van der Waals surface area contributed by atoms with Crippen molar-refractivity contribution in [2.24, 2.45) is 5.92 Å². The van der Waals surface area contributed by atoms with E-state index in [-0.39, 0.29) is 12.5 Å². The summed E-state index contributed by atoms with van der Waals surface area (Å²) < 4.78 is 12.0. The molecule has 0 saturated carbocycles. The Morgan fingerprint density at radius 2 is 1.81 bits per heavy atom. The van der Waals surface area contributed by atoms with Gasteiger partial charge in [-0.15, -0.1) is 0 Å². The topological polar surface area (TPSA) is 50.8 Å². The van der Waals surface area contributed by atoms with Gasteiger partial charge in [0.15, 0.2) is 18.1 Å². The van der Waals surface area contributed by atoms with Crippen LogP contribution in [-0.2, 0) is 4.79 Å². The van der Waals surface area contributed by atoms with Crippen LogP contribution in [0.25, 0.3) is 0 Å². The van der Waals surface area contributed by atoms with Crippen molar-refractivity contribution in [1.82, 2.24) is 4.90 Å². The first-order valence-electron chi connectivity index (χ1n) is 10.4. The molecule has 1 saturated heterocycles. The van der Waals surface area contributed by atoms with Crippen molar-refractivity contribution in [1.29, 1.82) is 0 Å². The number of piperidine rings is 1. The lowest BCUT2D eigenvalue weighted by molar-refractivity contribution is -0.118. The maximum absolute atomic E-state index is 12.4. The van der Waals surface area contributed by atoms with Crippen LogP contribution in [0, 0.1) is 19.8 Å². The fourth-order valence-electron chi connectivity index (χ4n) is 3.76. The van der Waals surface area contributed by atoms with Gasteiger partial charge in [0.1, 0.15) is 4.99 Å². The zero-order valence-electron chi connectivity index (χ0n) is 18.5. The van der Waals surface area contributed by atoms with E-state index in [1.165, 1.54) is 0 Å². The Morgan fingerprint density at radius 3 is 2.42 bits per heavy atom. The molecule has 1 aliphatic rings. The van der Waals surface area contributed by atoms with Crippen LogP contribution in [0.15, 0.2) is 34.8 Å². The van der Waals surface area contributed by atoms with E-state index in [2.05, 4.69) is 39.1 Å². The van der Waals surface area contributed by atoms with Crippen LogP contribution < -0.4 is 14.8 Å². The van der Waals surface area contributed by atoms with Crippen molar-refractivity contribution in [2.75, 3.05) is 32.1 Å². The first-order chi connectivity index (χ1) is 14.8. The molecule has 1 amide bonds. The Labute approximate surface area is 198 Å². The predicted octanol–water partition coefficient (Wildman–Crippen LogP) is 5.50. The Balaban J connectivity index is 1.68. The lowest BCUT2D eigenvalue weighted by atomic mass is 9.99. The average Bonchev–Trinajstić information content (AvgIpc) is 2.71. The first-order valence-corrected chi connectivity index (χ1v) is 11.6. The molecule has 0 bridgehead atoms. The number of methoxy groups -OCH3 is 1. The molecular formula is C24H29BrN2O3S. The third-order valence-electron chi connectivity index (χ3n) is 5.40. The minimum absolute atomic E-state index is 0.129. The molecule has 31 heavy (non-hydrogen) atoms. The Hall–Kier alpha value is -2.12. The van der Waals surface area contributed by atoms with E-state index in [9.17, 15) is 4.79 Å². The summed E-state index contributed by atoms with van der Waals surface area (Å²) in [7, 11) is 1.58. The van der Waals surface area contributed by atoms with E-state index in [1.807, 2.05) is 38.1 Å². The van der Waals surface area contributed by atoms with E-state index in [4.69, 9.17) is 21.7 Å². The number of anilines is 1. The van der Waals surface area contributed by atoms with E-state index in [0.717, 1.165) is 59.2 Å². The van der Waals surface area contributed by atoms with Gasteiger partial charge in [0.2, 0.25) is 0 Å². The highest BCUT2D eigenvalue weighted by Crippen LogP contribution is 2.37. The van der Waals surface area contributed by atoms with Gasteiger partial charge in [0, 0.05) is 24.3 Å². The van der Waals surface area contributed by atoms with E-state index in [0.29, 0.717) is 16.0 Å². The molecule has 1 fully saturated rings. The molecule has 0 atom stereocenters. The van der Waals surface area contributed by atoms with Crippen LogP contribution in [0.3, 0.4) is 0 Å². The highest BCUT2D eigenvalue weighted by atomic mass is 79.9. The average molecular weight is 505 g/mol. The Morgan fingerprint density at radius 1 is 1.16 bits per heavy atom. The van der Waals surface area contributed by atoms with Gasteiger partial charge in [-0.3, -0.25) is 4.79 Å². The van der Waals surface area contributed by atoms with Gasteiger partial charge < -0.3 is 19.7 Å². The molecule has 0 aromatic heterocycles. The van der Waals surface area contributed by atoms with Crippen molar-refractivity contribution in [3.8, 4) is 11.5 Å². The van der Waals surface area contributed by atoms with Gasteiger partial charge in [0.05, 0.1) is 11.6 Å². The zero-order valence-corrected chi connectivity index (χ0v) is 20.9. The highest BCUT2D eigenvalue weighted by molar-refractivity contribution is 9.10. The highest BCUT2D eigenvalue weighted by Gasteiger charge is 2.21. The smallest absolute Gasteiger partial charge is 0.262 e. The summed E-state index contributed by atoms with van der Waals surface area (Å²) in [5, 5.41) is 2.88. The largest absolute Gasteiger partial charge is 0.493 e. The van der Waals surface area contributed by atoms with Gasteiger partial charge >= 0.3 is 0 Å². The van der Waals surface area contributed by atoms with Gasteiger partial charge in [-0.2, -0.15) is 0 Å². The third-order valence-corrected chi connectivity index (χ3v) is 6.48. The molecule has 2 aromatic carbocycles. The summed E-state index contributed by atoms with van der Waals surface area (Å²) in [6.45, 7) is 8.08. The maximum atomic E-state index is 12.4. The second-order valence-corrected chi connectivity index (χ2v) is 9.42. The number of benzene rings is 2. The molecule has 3 rings (SSSR count). The van der Waals surface area contributed by atoms with Crippen molar-refractivity contribution >= 4 is 44.7 Å². The maximum Gasteiger partial charge on any atom is 0.262 e. The molecule has 0 radical (unpaired) electrons. The number of ether oxygens (including phenoxy) is 2. The van der Waals surface area contributed by atoms with Crippen molar-refractivity contribution in [3.05, 3.63) is 51.5 Å². The normalized spacial score (nSPS) is 14.3. The summed E-state index contributed by atoms with van der Waals surface area (Å²) in [5.41, 5.74) is 3.85. The van der Waals surface area contributed by atoms with Gasteiger partial charge in [-0.25, -0.2) is 0 Å². The molecule has 1 N–H and O–H groups in total. The number of likely N-dealkylation sites (tertiary alicyclic amines) is 1. The van der Waals surface area contributed by atoms with Crippen molar-refractivity contribution in [2.45, 2.75) is 33.6 Å². The zero-order chi connectivity index (χ0) is 22.5. The minimum atomic E-state index is -0.235. The molecule has 166 valence electrons. The summed E-state index contributed by atoms with van der Waals surface area (Å²) in [6, 6.07) is 9.73. The lowest BCUT2D eigenvalue weighted by Crippen LogP contribution is -2.37. The van der Waals surface area contributed by atoms with E-state index >= 15 is 0 Å². The SMILES string of the molecule is COc1cc(C(=S)N2CCC(C)CC2)cc(Br)c1OCC(=O)Nc1cc(C)cc(C)c1. The number of carbonyl (C=O) groups is 1. The number of nitrogens with one attached hydrogen (secondary N) is 1. The van der Waals surface area contributed by atoms with Crippen LogP contribution in [0.5, 0.6) is 11.5 Å². The number of hydrogen-bond donors (Lipinski definition) is 1. The summed E-state index contributed by atoms with van der Waals surface area (Å²) in [4.78, 5) is 15.5. The van der Waals surface area contributed by atoms with Gasteiger partial charge in [-0.1, -0.05) is 25.2 Å². The van der Waals surface area contributed by atoms with Crippen LogP contribution >= 0.6 is 28.1 Å². The third kappa shape index (κ3) is 6.20. The summed E-state index contributed by atoms with van der Waals surface area (Å²) in [6.07, 6.45) is 2.30. The van der Waals surface area contributed by atoms with Crippen LogP contribution in [0.4, 0.5) is 5.69 Å². The quantitative estimate of drug-likeness (QED) is 0.526. The van der Waals surface area contributed by atoms with Gasteiger partial charge in [-0.05, 0) is 83.9 Å². The number of rotatable bonds is 6. The number of hydrogen-bond acceptors (Lipinski definition) is 4. The van der Waals surface area contributed by atoms with Gasteiger partial charge in [0.25, 0.3) is 5.91 Å². The van der Waals surface area contributed by atoms with E-state index < -0.39 is 0 Å². The molecule has 5 nitrogen and oxygen atoms in total. The second kappa shape index (κ2) is 10.5. The molecule has 0 unspecified atom stereocenters. The number of thiocarbonyl (C=S) groups is 1.